The average Bonchev–Trinajstić information content (AvgIpc) is 3.07. The molecule has 1 atom stereocenters. The SMILES string of the molecule is Cl.NCc1nc(C(=O)N2CCCC(Oc3ccc(Cl)c(Cl)c3)C2)cs1. The average molecular weight is 423 g/mol. The minimum Gasteiger partial charge on any atom is -0.489 e. The molecule has 1 aromatic carbocycles. The van der Waals surface area contributed by atoms with E-state index in [0.29, 0.717) is 41.1 Å². The van der Waals surface area contributed by atoms with Crippen LogP contribution in [0.15, 0.2) is 23.6 Å². The third-order valence-electron chi connectivity index (χ3n) is 3.80. The topological polar surface area (TPSA) is 68.5 Å². The lowest BCUT2D eigenvalue weighted by atomic mass is 10.1. The molecule has 5 nitrogen and oxygen atoms in total. The summed E-state index contributed by atoms with van der Waals surface area (Å²) in [4.78, 5) is 18.6. The van der Waals surface area contributed by atoms with Gasteiger partial charge in [-0.05, 0) is 25.0 Å². The van der Waals surface area contributed by atoms with E-state index in [4.69, 9.17) is 33.7 Å². The fourth-order valence-corrected chi connectivity index (χ4v) is 3.56. The van der Waals surface area contributed by atoms with E-state index >= 15 is 0 Å². The molecule has 1 aliphatic rings. The fraction of sp³-hybridized carbons (Fsp3) is 0.375. The monoisotopic (exact) mass is 421 g/mol. The molecule has 0 aliphatic carbocycles. The van der Waals surface area contributed by atoms with Gasteiger partial charge < -0.3 is 15.4 Å². The number of hydrogen-bond donors (Lipinski definition) is 1. The third-order valence-corrected chi connectivity index (χ3v) is 5.41. The number of aromatic nitrogens is 1. The molecule has 0 spiro atoms. The number of piperidine rings is 1. The highest BCUT2D eigenvalue weighted by atomic mass is 35.5. The maximum absolute atomic E-state index is 12.6. The minimum atomic E-state index is -0.0763. The zero-order valence-electron chi connectivity index (χ0n) is 13.3. The summed E-state index contributed by atoms with van der Waals surface area (Å²) in [7, 11) is 0. The standard InChI is InChI=1S/C16H17Cl2N3O2S.ClH/c17-12-4-3-10(6-13(12)18)23-11-2-1-5-21(8-11)16(22)14-9-24-15(7-19)20-14;/h3-4,6,9,11H,1-2,5,7-8,19H2;1H. The Morgan fingerprint density at radius 2 is 2.20 bits per heavy atom. The molecule has 0 radical (unpaired) electrons. The number of likely N-dealkylation sites (tertiary alicyclic amines) is 1. The van der Waals surface area contributed by atoms with Crippen LogP contribution in [0.3, 0.4) is 0 Å². The fourth-order valence-electron chi connectivity index (χ4n) is 2.63. The molecular formula is C16H18Cl3N3O2S. The van der Waals surface area contributed by atoms with Gasteiger partial charge in [0.2, 0.25) is 0 Å². The first-order valence-corrected chi connectivity index (χ1v) is 9.26. The lowest BCUT2D eigenvalue weighted by Crippen LogP contribution is -2.44. The molecule has 136 valence electrons. The number of carbonyl (C=O) groups excluding carboxylic acids is 1. The summed E-state index contributed by atoms with van der Waals surface area (Å²) < 4.78 is 5.96. The van der Waals surface area contributed by atoms with Gasteiger partial charge in [0.1, 0.15) is 22.6 Å². The Balaban J connectivity index is 0.00000225. The van der Waals surface area contributed by atoms with Crippen LogP contribution in [-0.2, 0) is 6.54 Å². The van der Waals surface area contributed by atoms with E-state index < -0.39 is 0 Å². The Labute approximate surface area is 166 Å². The van der Waals surface area contributed by atoms with Crippen molar-refractivity contribution in [2.75, 3.05) is 13.1 Å². The van der Waals surface area contributed by atoms with E-state index in [2.05, 4.69) is 4.98 Å². The lowest BCUT2D eigenvalue weighted by Gasteiger charge is -2.32. The van der Waals surface area contributed by atoms with E-state index in [9.17, 15) is 4.79 Å². The number of amides is 1. The highest BCUT2D eigenvalue weighted by molar-refractivity contribution is 7.09. The van der Waals surface area contributed by atoms with E-state index in [1.807, 2.05) is 0 Å². The number of carbonyl (C=O) groups is 1. The van der Waals surface area contributed by atoms with Gasteiger partial charge in [-0.1, -0.05) is 23.2 Å². The van der Waals surface area contributed by atoms with Crippen molar-refractivity contribution >= 4 is 52.9 Å². The number of thiazole rings is 1. The summed E-state index contributed by atoms with van der Waals surface area (Å²) in [6, 6.07) is 5.18. The predicted molar refractivity (Wildman–Crippen MR) is 103 cm³/mol. The van der Waals surface area contributed by atoms with Crippen LogP contribution in [0.4, 0.5) is 0 Å². The summed E-state index contributed by atoms with van der Waals surface area (Å²) >= 11 is 13.3. The zero-order valence-corrected chi connectivity index (χ0v) is 16.4. The molecule has 1 fully saturated rings. The molecule has 25 heavy (non-hydrogen) atoms. The molecule has 1 aliphatic heterocycles. The van der Waals surface area contributed by atoms with Gasteiger partial charge in [-0.25, -0.2) is 4.98 Å². The maximum Gasteiger partial charge on any atom is 0.273 e. The van der Waals surface area contributed by atoms with Crippen LogP contribution >= 0.6 is 46.9 Å². The Morgan fingerprint density at radius 3 is 2.88 bits per heavy atom. The van der Waals surface area contributed by atoms with Crippen molar-refractivity contribution < 1.29 is 9.53 Å². The Hall–Kier alpha value is -1.05. The number of rotatable bonds is 4. The molecule has 3 rings (SSSR count). The first-order chi connectivity index (χ1) is 11.6. The summed E-state index contributed by atoms with van der Waals surface area (Å²) in [5, 5.41) is 3.46. The van der Waals surface area contributed by atoms with Crippen LogP contribution in [0.2, 0.25) is 10.0 Å². The van der Waals surface area contributed by atoms with E-state index in [-0.39, 0.29) is 24.4 Å². The van der Waals surface area contributed by atoms with Gasteiger partial charge in [0.15, 0.2) is 0 Å². The Bertz CT molecular complexity index is 741. The van der Waals surface area contributed by atoms with Crippen LogP contribution < -0.4 is 10.5 Å². The van der Waals surface area contributed by atoms with Crippen molar-refractivity contribution in [3.63, 3.8) is 0 Å². The van der Waals surface area contributed by atoms with Gasteiger partial charge in [0.25, 0.3) is 5.91 Å². The second kappa shape index (κ2) is 9.05. The van der Waals surface area contributed by atoms with Crippen molar-refractivity contribution in [1.82, 2.24) is 9.88 Å². The molecule has 1 unspecified atom stereocenters. The highest BCUT2D eigenvalue weighted by Gasteiger charge is 2.27. The van der Waals surface area contributed by atoms with Crippen LogP contribution in [0.25, 0.3) is 0 Å². The number of benzene rings is 1. The lowest BCUT2D eigenvalue weighted by molar-refractivity contribution is 0.0533. The van der Waals surface area contributed by atoms with E-state index in [0.717, 1.165) is 17.8 Å². The first kappa shape index (κ1) is 20.3. The molecule has 2 aromatic rings. The molecule has 2 N–H and O–H groups in total. The van der Waals surface area contributed by atoms with Gasteiger partial charge in [0.05, 0.1) is 16.6 Å². The highest BCUT2D eigenvalue weighted by Crippen LogP contribution is 2.28. The van der Waals surface area contributed by atoms with Crippen molar-refractivity contribution in [3.8, 4) is 5.75 Å². The second-order valence-corrected chi connectivity index (χ2v) is 7.30. The largest absolute Gasteiger partial charge is 0.489 e. The van der Waals surface area contributed by atoms with Crippen LogP contribution in [-0.4, -0.2) is 35.0 Å². The Morgan fingerprint density at radius 1 is 1.40 bits per heavy atom. The van der Waals surface area contributed by atoms with E-state index in [1.54, 1.807) is 28.5 Å². The van der Waals surface area contributed by atoms with Crippen LogP contribution in [0.5, 0.6) is 5.75 Å². The number of hydrogen-bond acceptors (Lipinski definition) is 5. The van der Waals surface area contributed by atoms with Crippen molar-refractivity contribution in [2.24, 2.45) is 5.73 Å². The summed E-state index contributed by atoms with van der Waals surface area (Å²) in [5.41, 5.74) is 6.01. The summed E-state index contributed by atoms with van der Waals surface area (Å²) in [6.45, 7) is 1.57. The number of halogens is 3. The molecule has 9 heteroatoms. The van der Waals surface area contributed by atoms with Gasteiger partial charge in [-0.15, -0.1) is 23.7 Å². The van der Waals surface area contributed by atoms with Crippen molar-refractivity contribution in [3.05, 3.63) is 44.3 Å². The van der Waals surface area contributed by atoms with Gasteiger partial charge in [-0.3, -0.25) is 4.79 Å². The molecule has 1 amide bonds. The third kappa shape index (κ3) is 4.99. The molecule has 1 aromatic heterocycles. The normalized spacial score (nSPS) is 17.1. The number of ether oxygens (including phenoxy) is 1. The van der Waals surface area contributed by atoms with Gasteiger partial charge in [-0.2, -0.15) is 0 Å². The quantitative estimate of drug-likeness (QED) is 0.808. The summed E-state index contributed by atoms with van der Waals surface area (Å²) in [6.07, 6.45) is 1.69. The molecule has 0 saturated carbocycles. The second-order valence-electron chi connectivity index (χ2n) is 5.54. The van der Waals surface area contributed by atoms with Crippen molar-refractivity contribution in [1.29, 1.82) is 0 Å². The minimum absolute atomic E-state index is 0. The first-order valence-electron chi connectivity index (χ1n) is 7.62. The van der Waals surface area contributed by atoms with Gasteiger partial charge in [0, 0.05) is 24.5 Å². The van der Waals surface area contributed by atoms with Crippen molar-refractivity contribution in [2.45, 2.75) is 25.5 Å². The van der Waals surface area contributed by atoms with E-state index in [1.165, 1.54) is 11.3 Å². The smallest absolute Gasteiger partial charge is 0.273 e. The van der Waals surface area contributed by atoms with Crippen LogP contribution in [0, 0.1) is 0 Å². The molecule has 0 bridgehead atoms. The molecule has 1 saturated heterocycles. The van der Waals surface area contributed by atoms with Crippen LogP contribution in [0.1, 0.15) is 28.3 Å². The molecule has 2 heterocycles. The maximum atomic E-state index is 12.6. The van der Waals surface area contributed by atoms with Gasteiger partial charge >= 0.3 is 0 Å². The number of nitrogens with zero attached hydrogens (tertiary/aromatic N) is 2. The Kier molecular flexibility index (Phi) is 7.34. The molecular weight excluding hydrogens is 405 g/mol. The summed E-state index contributed by atoms with van der Waals surface area (Å²) in [5.74, 6) is 0.580. The zero-order chi connectivity index (χ0) is 17.1. The number of nitrogens with two attached hydrogens (primary N) is 1. The predicted octanol–water partition coefficient (Wildman–Crippen LogP) is 4.01.